The summed E-state index contributed by atoms with van der Waals surface area (Å²) in [5.74, 6) is 2.25. The largest absolute Gasteiger partial charge is 0.339 e. The van der Waals surface area contributed by atoms with Crippen LogP contribution in [0.1, 0.15) is 25.3 Å². The minimum absolute atomic E-state index is 0.721. The molecule has 0 unspecified atom stereocenters. The summed E-state index contributed by atoms with van der Waals surface area (Å²) >= 11 is 0. The lowest BCUT2D eigenvalue weighted by Gasteiger charge is -2.29. The molecular formula is C16H21N5. The van der Waals surface area contributed by atoms with E-state index in [-0.39, 0.29) is 0 Å². The Labute approximate surface area is 125 Å². The molecule has 0 atom stereocenters. The number of benzene rings is 1. The van der Waals surface area contributed by atoms with Gasteiger partial charge in [0.25, 0.3) is 0 Å². The molecule has 0 spiro atoms. The number of rotatable bonds is 3. The zero-order valence-electron chi connectivity index (χ0n) is 12.6. The van der Waals surface area contributed by atoms with Gasteiger partial charge in [0.05, 0.1) is 6.20 Å². The van der Waals surface area contributed by atoms with Crippen molar-refractivity contribution in [2.45, 2.75) is 26.7 Å². The number of piperidine rings is 1. The molecule has 1 aliphatic rings. The molecule has 0 saturated carbocycles. The Balaban J connectivity index is 1.72. The number of hydrogen-bond donors (Lipinski definition) is 1. The minimum Gasteiger partial charge on any atom is -0.339 e. The van der Waals surface area contributed by atoms with E-state index < -0.39 is 0 Å². The molecule has 21 heavy (non-hydrogen) atoms. The molecule has 1 aliphatic heterocycles. The van der Waals surface area contributed by atoms with Crippen molar-refractivity contribution in [3.63, 3.8) is 0 Å². The van der Waals surface area contributed by atoms with Crippen LogP contribution >= 0.6 is 0 Å². The predicted octanol–water partition coefficient (Wildman–Crippen LogP) is 3.16. The van der Waals surface area contributed by atoms with Gasteiger partial charge < -0.3 is 10.2 Å². The third-order valence-corrected chi connectivity index (χ3v) is 3.94. The summed E-state index contributed by atoms with van der Waals surface area (Å²) in [5.41, 5.74) is 2.25. The molecule has 2 heterocycles. The van der Waals surface area contributed by atoms with Crippen LogP contribution in [-0.2, 0) is 0 Å². The average Bonchev–Trinajstić information content (AvgIpc) is 2.51. The monoisotopic (exact) mass is 283 g/mol. The van der Waals surface area contributed by atoms with Crippen LogP contribution in [-0.4, -0.2) is 28.3 Å². The maximum atomic E-state index is 4.58. The number of hydrogen-bond acceptors (Lipinski definition) is 5. The molecule has 1 fully saturated rings. The second kappa shape index (κ2) is 6.08. The van der Waals surface area contributed by atoms with E-state index in [1.165, 1.54) is 18.4 Å². The van der Waals surface area contributed by atoms with Gasteiger partial charge in [0, 0.05) is 18.8 Å². The SMILES string of the molecule is Cc1ccc(Nc2cnnc(N3CCC(C)CC3)n2)cc1. The third-order valence-electron chi connectivity index (χ3n) is 3.94. The van der Waals surface area contributed by atoms with E-state index in [9.17, 15) is 0 Å². The topological polar surface area (TPSA) is 53.9 Å². The van der Waals surface area contributed by atoms with Gasteiger partial charge in [-0.1, -0.05) is 24.6 Å². The molecule has 1 aromatic carbocycles. The quantitative estimate of drug-likeness (QED) is 0.937. The number of aromatic nitrogens is 3. The Kier molecular flexibility index (Phi) is 3.99. The first-order chi connectivity index (χ1) is 10.2. The van der Waals surface area contributed by atoms with Crippen LogP contribution in [0.4, 0.5) is 17.5 Å². The van der Waals surface area contributed by atoms with Crippen LogP contribution in [0.3, 0.4) is 0 Å². The van der Waals surface area contributed by atoms with Crippen molar-refractivity contribution in [3.05, 3.63) is 36.0 Å². The molecule has 2 aromatic rings. The smallest absolute Gasteiger partial charge is 0.247 e. The van der Waals surface area contributed by atoms with Gasteiger partial charge in [0.2, 0.25) is 5.95 Å². The van der Waals surface area contributed by atoms with Gasteiger partial charge in [-0.3, -0.25) is 0 Å². The molecule has 5 nitrogen and oxygen atoms in total. The van der Waals surface area contributed by atoms with E-state index in [1.807, 2.05) is 12.1 Å². The maximum Gasteiger partial charge on any atom is 0.247 e. The first kappa shape index (κ1) is 13.8. The maximum absolute atomic E-state index is 4.58. The highest BCUT2D eigenvalue weighted by molar-refractivity contribution is 5.56. The standard InChI is InChI=1S/C16H21N5/c1-12-3-5-14(6-4-12)18-15-11-17-20-16(19-15)21-9-7-13(2)8-10-21/h3-6,11,13H,7-10H2,1-2H3,(H,18,19,20). The molecule has 0 aliphatic carbocycles. The fourth-order valence-electron chi connectivity index (χ4n) is 2.48. The van der Waals surface area contributed by atoms with Gasteiger partial charge in [0.15, 0.2) is 5.82 Å². The van der Waals surface area contributed by atoms with Crippen molar-refractivity contribution in [1.29, 1.82) is 0 Å². The van der Waals surface area contributed by atoms with Crippen LogP contribution in [0.5, 0.6) is 0 Å². The van der Waals surface area contributed by atoms with Crippen LogP contribution in [0.2, 0.25) is 0 Å². The van der Waals surface area contributed by atoms with Crippen molar-refractivity contribution in [3.8, 4) is 0 Å². The summed E-state index contributed by atoms with van der Waals surface area (Å²) in [6.07, 6.45) is 4.05. The predicted molar refractivity (Wildman–Crippen MR) is 84.9 cm³/mol. The summed E-state index contributed by atoms with van der Waals surface area (Å²) in [5, 5.41) is 11.5. The van der Waals surface area contributed by atoms with Gasteiger partial charge in [-0.25, -0.2) is 0 Å². The van der Waals surface area contributed by atoms with E-state index >= 15 is 0 Å². The Bertz CT molecular complexity index is 588. The number of nitrogens with one attached hydrogen (secondary N) is 1. The van der Waals surface area contributed by atoms with Gasteiger partial charge in [-0.15, -0.1) is 5.10 Å². The van der Waals surface area contributed by atoms with Crippen LogP contribution in [0, 0.1) is 12.8 Å². The van der Waals surface area contributed by atoms with Crippen molar-refractivity contribution < 1.29 is 0 Å². The van der Waals surface area contributed by atoms with Crippen molar-refractivity contribution in [1.82, 2.24) is 15.2 Å². The average molecular weight is 283 g/mol. The molecule has 0 bridgehead atoms. The molecule has 1 N–H and O–H groups in total. The fraction of sp³-hybridized carbons (Fsp3) is 0.438. The summed E-state index contributed by atoms with van der Waals surface area (Å²) in [7, 11) is 0. The van der Waals surface area contributed by atoms with E-state index in [0.717, 1.165) is 36.5 Å². The van der Waals surface area contributed by atoms with Gasteiger partial charge in [-0.2, -0.15) is 10.1 Å². The normalized spacial score (nSPS) is 16.0. The molecule has 5 heteroatoms. The Morgan fingerprint density at radius 2 is 1.86 bits per heavy atom. The highest BCUT2D eigenvalue weighted by Crippen LogP contribution is 2.21. The van der Waals surface area contributed by atoms with Crippen molar-refractivity contribution in [2.75, 3.05) is 23.3 Å². The minimum atomic E-state index is 0.721. The molecule has 1 saturated heterocycles. The first-order valence-corrected chi connectivity index (χ1v) is 7.49. The lowest BCUT2D eigenvalue weighted by Crippen LogP contribution is -2.34. The molecule has 1 aromatic heterocycles. The zero-order chi connectivity index (χ0) is 14.7. The number of aryl methyl sites for hydroxylation is 1. The molecule has 110 valence electrons. The van der Waals surface area contributed by atoms with Gasteiger partial charge in [-0.05, 0) is 37.8 Å². The van der Waals surface area contributed by atoms with Crippen LogP contribution in [0.25, 0.3) is 0 Å². The summed E-state index contributed by atoms with van der Waals surface area (Å²) < 4.78 is 0. The van der Waals surface area contributed by atoms with Crippen molar-refractivity contribution in [2.24, 2.45) is 5.92 Å². The highest BCUT2D eigenvalue weighted by atomic mass is 15.3. The molecule has 0 amide bonds. The Morgan fingerprint density at radius 1 is 1.14 bits per heavy atom. The second-order valence-corrected chi connectivity index (χ2v) is 5.80. The Hall–Kier alpha value is -2.17. The van der Waals surface area contributed by atoms with Gasteiger partial charge >= 0.3 is 0 Å². The second-order valence-electron chi connectivity index (χ2n) is 5.80. The number of nitrogens with zero attached hydrogens (tertiary/aromatic N) is 4. The van der Waals surface area contributed by atoms with Gasteiger partial charge in [0.1, 0.15) is 0 Å². The highest BCUT2D eigenvalue weighted by Gasteiger charge is 2.18. The van der Waals surface area contributed by atoms with E-state index in [2.05, 4.69) is 51.4 Å². The molecule has 0 radical (unpaired) electrons. The lowest BCUT2D eigenvalue weighted by atomic mass is 10.00. The molecular weight excluding hydrogens is 262 g/mol. The third kappa shape index (κ3) is 3.48. The van der Waals surface area contributed by atoms with E-state index in [4.69, 9.17) is 0 Å². The van der Waals surface area contributed by atoms with Crippen LogP contribution in [0.15, 0.2) is 30.5 Å². The summed E-state index contributed by atoms with van der Waals surface area (Å²) in [4.78, 5) is 6.80. The lowest BCUT2D eigenvalue weighted by molar-refractivity contribution is 0.433. The van der Waals surface area contributed by atoms with E-state index in [1.54, 1.807) is 6.20 Å². The zero-order valence-corrected chi connectivity index (χ0v) is 12.6. The van der Waals surface area contributed by atoms with E-state index in [0.29, 0.717) is 0 Å². The van der Waals surface area contributed by atoms with Crippen LogP contribution < -0.4 is 10.2 Å². The fourth-order valence-corrected chi connectivity index (χ4v) is 2.48. The van der Waals surface area contributed by atoms with Crippen molar-refractivity contribution >= 4 is 17.5 Å². The number of anilines is 3. The summed E-state index contributed by atoms with van der Waals surface area (Å²) in [6.45, 7) is 6.39. The Morgan fingerprint density at radius 3 is 2.57 bits per heavy atom. The summed E-state index contributed by atoms with van der Waals surface area (Å²) in [6, 6.07) is 8.23. The molecule has 3 rings (SSSR count). The first-order valence-electron chi connectivity index (χ1n) is 7.49.